The van der Waals surface area contributed by atoms with Crippen molar-refractivity contribution in [3.05, 3.63) is 64.7 Å². The minimum absolute atomic E-state index is 0.0575. The van der Waals surface area contributed by atoms with Gasteiger partial charge < -0.3 is 15.1 Å². The smallest absolute Gasteiger partial charge is 0.326 e. The number of guanidine groups is 1. The van der Waals surface area contributed by atoms with Crippen molar-refractivity contribution >= 4 is 29.4 Å². The van der Waals surface area contributed by atoms with Crippen molar-refractivity contribution in [2.24, 2.45) is 10.9 Å². The lowest BCUT2D eigenvalue weighted by molar-refractivity contribution is -0.143. The van der Waals surface area contributed by atoms with Gasteiger partial charge in [-0.1, -0.05) is 41.9 Å². The van der Waals surface area contributed by atoms with Crippen LogP contribution in [0.4, 0.5) is 0 Å². The van der Waals surface area contributed by atoms with Crippen molar-refractivity contribution in [3.63, 3.8) is 0 Å². The molecule has 4 atom stereocenters. The van der Waals surface area contributed by atoms with Crippen LogP contribution in [-0.2, 0) is 15.3 Å². The third-order valence-electron chi connectivity index (χ3n) is 5.84. The molecule has 4 unspecified atom stereocenters. The molecule has 2 aliphatic rings. The summed E-state index contributed by atoms with van der Waals surface area (Å²) in [6.45, 7) is 3.15. The van der Waals surface area contributed by atoms with Crippen LogP contribution in [0.1, 0.15) is 31.0 Å². The largest absolute Gasteiger partial charge is 0.508 e. The second kappa shape index (κ2) is 7.82. The number of carboxylic acid groups (broad SMARTS) is 1. The summed E-state index contributed by atoms with van der Waals surface area (Å²) in [6.07, 6.45) is 0. The highest BCUT2D eigenvalue weighted by atomic mass is 35.5. The highest BCUT2D eigenvalue weighted by molar-refractivity contribution is 6.30. The molecule has 10 heteroatoms. The second-order valence-electron chi connectivity index (χ2n) is 7.81. The first kappa shape index (κ1) is 21.6. The Balaban J connectivity index is 1.93. The molecule has 3 N–H and O–H groups in total. The molecule has 164 valence electrons. The number of aliphatic carboxylic acids is 1. The van der Waals surface area contributed by atoms with Crippen LogP contribution in [0.3, 0.4) is 0 Å². The number of nitriles is 1. The molecule has 2 aromatic rings. The fourth-order valence-electron chi connectivity index (χ4n) is 4.28. The number of rotatable bonds is 4. The summed E-state index contributed by atoms with van der Waals surface area (Å²) in [6, 6.07) is 13.3. The van der Waals surface area contributed by atoms with E-state index in [1.165, 1.54) is 22.9 Å². The number of hydrazine groups is 1. The van der Waals surface area contributed by atoms with Gasteiger partial charge in [-0.05, 0) is 37.6 Å². The number of aliphatic imine (C=N–C) groups is 1. The molecule has 2 aliphatic heterocycles. The molecule has 0 radical (unpaired) electrons. The number of hydrogen-bond acceptors (Lipinski definition) is 7. The van der Waals surface area contributed by atoms with E-state index in [4.69, 9.17) is 11.6 Å². The summed E-state index contributed by atoms with van der Waals surface area (Å²) in [5.74, 6) is -2.96. The zero-order chi connectivity index (χ0) is 23.2. The van der Waals surface area contributed by atoms with Crippen LogP contribution in [0.2, 0.25) is 5.02 Å². The van der Waals surface area contributed by atoms with Crippen LogP contribution < -0.4 is 5.43 Å². The molecule has 0 bridgehead atoms. The van der Waals surface area contributed by atoms with Crippen molar-refractivity contribution < 1.29 is 19.8 Å². The van der Waals surface area contributed by atoms with E-state index in [1.54, 1.807) is 49.4 Å². The zero-order valence-electron chi connectivity index (χ0n) is 17.2. The Labute approximate surface area is 189 Å². The number of carboxylic acids is 1. The number of carbonyl (C=O) groups is 2. The standard InChI is InChI=1S/C22H20ClN5O4/c1-12(20(31)32)27-21-25-19(30)15(11-24)18(13-7-9-14(23)10-8-13)28(21)26-22(27,2)16-5-3-4-6-17(16)29/h3-10,12,15,18,26,29H,1-2H3,(H,31,32). The van der Waals surface area contributed by atoms with Crippen LogP contribution in [0.5, 0.6) is 5.75 Å². The van der Waals surface area contributed by atoms with Gasteiger partial charge >= 0.3 is 5.97 Å². The summed E-state index contributed by atoms with van der Waals surface area (Å²) in [5.41, 5.74) is 2.96. The van der Waals surface area contributed by atoms with E-state index < -0.39 is 35.5 Å². The maximum absolute atomic E-state index is 12.9. The first-order valence-electron chi connectivity index (χ1n) is 9.84. The Morgan fingerprint density at radius 1 is 1.28 bits per heavy atom. The van der Waals surface area contributed by atoms with E-state index in [2.05, 4.69) is 10.4 Å². The predicted molar refractivity (Wildman–Crippen MR) is 115 cm³/mol. The molecule has 0 spiro atoms. The molecular weight excluding hydrogens is 434 g/mol. The lowest BCUT2D eigenvalue weighted by atomic mass is 9.92. The van der Waals surface area contributed by atoms with Crippen LogP contribution in [0.25, 0.3) is 0 Å². The van der Waals surface area contributed by atoms with Crippen molar-refractivity contribution in [1.82, 2.24) is 15.3 Å². The van der Waals surface area contributed by atoms with Crippen molar-refractivity contribution in [3.8, 4) is 11.8 Å². The van der Waals surface area contributed by atoms with Gasteiger partial charge in [-0.2, -0.15) is 10.3 Å². The Bertz CT molecular complexity index is 1160. The normalized spacial score (nSPS) is 25.7. The van der Waals surface area contributed by atoms with Crippen LogP contribution >= 0.6 is 11.6 Å². The van der Waals surface area contributed by atoms with Crippen LogP contribution in [-0.4, -0.2) is 44.0 Å². The van der Waals surface area contributed by atoms with Gasteiger partial charge in [-0.15, -0.1) is 0 Å². The molecule has 4 rings (SSSR count). The third-order valence-corrected chi connectivity index (χ3v) is 6.10. The van der Waals surface area contributed by atoms with Gasteiger partial charge in [-0.3, -0.25) is 9.80 Å². The molecule has 0 aromatic heterocycles. The van der Waals surface area contributed by atoms with Gasteiger partial charge in [0.2, 0.25) is 5.96 Å². The summed E-state index contributed by atoms with van der Waals surface area (Å²) in [4.78, 5) is 30.4. The number of hydrogen-bond donors (Lipinski definition) is 3. The van der Waals surface area contributed by atoms with E-state index in [0.717, 1.165) is 0 Å². The maximum atomic E-state index is 12.9. The molecule has 32 heavy (non-hydrogen) atoms. The quantitative estimate of drug-likeness (QED) is 0.644. The van der Waals surface area contributed by atoms with E-state index >= 15 is 0 Å². The molecule has 2 heterocycles. The van der Waals surface area contributed by atoms with Crippen molar-refractivity contribution in [2.45, 2.75) is 31.6 Å². The maximum Gasteiger partial charge on any atom is 0.326 e. The molecule has 1 amide bonds. The van der Waals surface area contributed by atoms with Gasteiger partial charge in [0, 0.05) is 10.6 Å². The molecule has 2 aromatic carbocycles. The van der Waals surface area contributed by atoms with Gasteiger partial charge in [0.05, 0.1) is 12.1 Å². The van der Waals surface area contributed by atoms with Crippen LogP contribution in [0.15, 0.2) is 53.5 Å². The van der Waals surface area contributed by atoms with Crippen molar-refractivity contribution in [1.29, 1.82) is 5.26 Å². The summed E-state index contributed by atoms with van der Waals surface area (Å²) in [5, 5.41) is 32.1. The number of halogens is 1. The minimum atomic E-state index is -1.28. The Morgan fingerprint density at radius 3 is 2.53 bits per heavy atom. The highest BCUT2D eigenvalue weighted by Gasteiger charge is 2.56. The van der Waals surface area contributed by atoms with Crippen LogP contribution in [0, 0.1) is 17.2 Å². The zero-order valence-corrected chi connectivity index (χ0v) is 18.0. The van der Waals surface area contributed by atoms with Gasteiger partial charge in [0.1, 0.15) is 17.5 Å². The minimum Gasteiger partial charge on any atom is -0.508 e. The number of nitrogens with zero attached hydrogens (tertiary/aromatic N) is 4. The molecule has 1 fully saturated rings. The van der Waals surface area contributed by atoms with E-state index in [9.17, 15) is 25.1 Å². The SMILES string of the molecule is CC(C(=O)O)N1C2=NC(=O)C(C#N)C(c3ccc(Cl)cc3)N2NC1(C)c1ccccc1O. The van der Waals surface area contributed by atoms with Gasteiger partial charge in [0.15, 0.2) is 5.92 Å². The predicted octanol–water partition coefficient (Wildman–Crippen LogP) is 2.59. The third kappa shape index (κ3) is 3.25. The van der Waals surface area contributed by atoms with E-state index in [-0.39, 0.29) is 11.7 Å². The number of nitrogens with one attached hydrogen (secondary N) is 1. The molecule has 0 saturated carbocycles. The summed E-state index contributed by atoms with van der Waals surface area (Å²) < 4.78 is 0. The van der Waals surface area contributed by atoms with Crippen molar-refractivity contribution in [2.75, 3.05) is 0 Å². The molecule has 9 nitrogen and oxygen atoms in total. The average Bonchev–Trinajstić information content (AvgIpc) is 3.05. The topological polar surface area (TPSA) is 129 Å². The number of amides is 1. The fourth-order valence-corrected chi connectivity index (χ4v) is 4.41. The Kier molecular flexibility index (Phi) is 5.28. The first-order valence-corrected chi connectivity index (χ1v) is 10.2. The lowest BCUT2D eigenvalue weighted by Crippen LogP contribution is -2.53. The number of fused-ring (bicyclic) bond motifs is 1. The highest BCUT2D eigenvalue weighted by Crippen LogP contribution is 2.44. The first-order chi connectivity index (χ1) is 15.2. The second-order valence-corrected chi connectivity index (χ2v) is 8.25. The Hall–Kier alpha value is -3.61. The number of benzene rings is 2. The lowest BCUT2D eigenvalue weighted by Gasteiger charge is -2.37. The molecule has 1 saturated heterocycles. The van der Waals surface area contributed by atoms with Gasteiger partial charge in [0.25, 0.3) is 5.91 Å². The number of aromatic hydroxyl groups is 1. The summed E-state index contributed by atoms with van der Waals surface area (Å²) in [7, 11) is 0. The van der Waals surface area contributed by atoms with Gasteiger partial charge in [-0.25, -0.2) is 10.2 Å². The molecule has 0 aliphatic carbocycles. The van der Waals surface area contributed by atoms with E-state index in [0.29, 0.717) is 16.1 Å². The fraction of sp³-hybridized carbons (Fsp3) is 0.273. The number of carbonyl (C=O) groups excluding carboxylic acids is 1. The monoisotopic (exact) mass is 453 g/mol. The Morgan fingerprint density at radius 2 is 1.94 bits per heavy atom. The number of phenols is 1. The number of phenolic OH excluding ortho intramolecular Hbond substituents is 1. The summed E-state index contributed by atoms with van der Waals surface area (Å²) >= 11 is 6.02. The average molecular weight is 454 g/mol. The number of para-hydroxylation sites is 1. The molecular formula is C22H20ClN5O4. The van der Waals surface area contributed by atoms with E-state index in [1.807, 2.05) is 6.07 Å².